The van der Waals surface area contributed by atoms with E-state index in [1.165, 1.54) is 5.56 Å². The van der Waals surface area contributed by atoms with Gasteiger partial charge in [-0.2, -0.15) is 0 Å². The Balaban J connectivity index is 2.16. The zero-order chi connectivity index (χ0) is 11.9. The van der Waals surface area contributed by atoms with E-state index in [9.17, 15) is 4.79 Å². The Bertz CT molecular complexity index is 461. The Hall–Kier alpha value is -0.860. The minimum atomic E-state index is -0.309. The number of ketones is 1. The van der Waals surface area contributed by atoms with Crippen LogP contribution in [0.1, 0.15) is 30.4 Å². The molecule has 0 amide bonds. The van der Waals surface area contributed by atoms with E-state index in [4.69, 9.17) is 16.3 Å². The van der Waals surface area contributed by atoms with Crippen LogP contribution in [0.2, 0.25) is 5.02 Å². The van der Waals surface area contributed by atoms with E-state index in [-0.39, 0.29) is 5.41 Å². The molecule has 90 valence electrons. The summed E-state index contributed by atoms with van der Waals surface area (Å²) < 4.78 is 5.41. The minimum Gasteiger partial charge on any atom is -0.381 e. The molecule has 0 radical (unpaired) electrons. The van der Waals surface area contributed by atoms with Crippen LogP contribution in [-0.4, -0.2) is 19.0 Å². The molecule has 17 heavy (non-hydrogen) atoms. The molecule has 1 aromatic carbocycles. The Labute approximate surface area is 106 Å². The molecular weight excluding hydrogens is 236 g/mol. The number of benzene rings is 1. The lowest BCUT2D eigenvalue weighted by Crippen LogP contribution is -2.44. The summed E-state index contributed by atoms with van der Waals surface area (Å²) in [4.78, 5) is 12.3. The van der Waals surface area contributed by atoms with Gasteiger partial charge >= 0.3 is 0 Å². The lowest BCUT2D eigenvalue weighted by Gasteiger charge is -2.40. The second-order valence-electron chi connectivity index (χ2n) is 4.88. The van der Waals surface area contributed by atoms with Crippen molar-refractivity contribution in [3.63, 3.8) is 0 Å². The summed E-state index contributed by atoms with van der Waals surface area (Å²) in [5.74, 6) is 0.371. The van der Waals surface area contributed by atoms with Crippen LogP contribution in [0.25, 0.3) is 0 Å². The van der Waals surface area contributed by atoms with Crippen molar-refractivity contribution in [2.24, 2.45) is 0 Å². The average Bonchev–Trinajstić information content (AvgIpc) is 2.36. The third-order valence-electron chi connectivity index (χ3n) is 4.12. The first-order valence-corrected chi connectivity index (χ1v) is 6.51. The molecule has 3 rings (SSSR count). The van der Waals surface area contributed by atoms with Crippen LogP contribution in [-0.2, 0) is 21.4 Å². The van der Waals surface area contributed by atoms with Gasteiger partial charge in [-0.25, -0.2) is 0 Å². The molecule has 0 aromatic heterocycles. The third kappa shape index (κ3) is 1.62. The smallest absolute Gasteiger partial charge is 0.143 e. The van der Waals surface area contributed by atoms with Crippen molar-refractivity contribution in [3.05, 3.63) is 34.3 Å². The number of ether oxygens (including phenoxy) is 1. The molecule has 2 aliphatic rings. The van der Waals surface area contributed by atoms with E-state index in [0.29, 0.717) is 25.4 Å². The fourth-order valence-corrected chi connectivity index (χ4v) is 3.43. The van der Waals surface area contributed by atoms with Crippen LogP contribution in [0.15, 0.2) is 18.2 Å². The van der Waals surface area contributed by atoms with Crippen molar-refractivity contribution in [2.45, 2.75) is 31.1 Å². The van der Waals surface area contributed by atoms with Crippen LogP contribution < -0.4 is 0 Å². The lowest BCUT2D eigenvalue weighted by atomic mass is 9.65. The summed E-state index contributed by atoms with van der Waals surface area (Å²) in [6.07, 6.45) is 3.02. The maximum atomic E-state index is 12.3. The number of fused-ring (bicyclic) bond motifs is 2. The lowest BCUT2D eigenvalue weighted by molar-refractivity contribution is -0.128. The highest BCUT2D eigenvalue weighted by Crippen LogP contribution is 2.43. The van der Waals surface area contributed by atoms with E-state index in [1.54, 1.807) is 0 Å². The molecule has 1 saturated heterocycles. The largest absolute Gasteiger partial charge is 0.381 e. The fraction of sp³-hybridized carbons (Fsp3) is 0.500. The quantitative estimate of drug-likeness (QED) is 0.708. The van der Waals surface area contributed by atoms with Gasteiger partial charge < -0.3 is 4.74 Å². The van der Waals surface area contributed by atoms with E-state index in [0.717, 1.165) is 29.8 Å². The molecule has 3 heteroatoms. The molecule has 1 aliphatic carbocycles. The molecule has 0 bridgehead atoms. The van der Waals surface area contributed by atoms with Gasteiger partial charge in [-0.05, 0) is 36.5 Å². The number of carbonyl (C=O) groups excluding carboxylic acids is 1. The average molecular weight is 251 g/mol. The van der Waals surface area contributed by atoms with Gasteiger partial charge in [0.25, 0.3) is 0 Å². The fourth-order valence-electron chi connectivity index (χ4n) is 3.16. The highest BCUT2D eigenvalue weighted by atomic mass is 35.5. The van der Waals surface area contributed by atoms with Crippen molar-refractivity contribution < 1.29 is 9.53 Å². The van der Waals surface area contributed by atoms with Gasteiger partial charge in [-0.1, -0.05) is 23.7 Å². The summed E-state index contributed by atoms with van der Waals surface area (Å²) in [5.41, 5.74) is 2.02. The Morgan fingerprint density at radius 1 is 1.18 bits per heavy atom. The summed E-state index contributed by atoms with van der Waals surface area (Å²) in [5, 5.41) is 0.806. The molecule has 2 nitrogen and oxygen atoms in total. The number of hydrogen-bond donors (Lipinski definition) is 0. The van der Waals surface area contributed by atoms with Crippen LogP contribution >= 0.6 is 11.6 Å². The number of carbonyl (C=O) groups is 1. The van der Waals surface area contributed by atoms with Gasteiger partial charge in [0, 0.05) is 24.7 Å². The van der Waals surface area contributed by atoms with Crippen molar-refractivity contribution in [3.8, 4) is 0 Å². The zero-order valence-electron chi connectivity index (χ0n) is 9.67. The van der Waals surface area contributed by atoms with Gasteiger partial charge in [0.15, 0.2) is 0 Å². The van der Waals surface area contributed by atoms with Crippen LogP contribution in [0.5, 0.6) is 0 Å². The molecule has 1 fully saturated rings. The van der Waals surface area contributed by atoms with Crippen molar-refractivity contribution in [1.82, 2.24) is 0 Å². The Morgan fingerprint density at radius 2 is 1.94 bits per heavy atom. The van der Waals surface area contributed by atoms with E-state index < -0.39 is 0 Å². The maximum absolute atomic E-state index is 12.3. The van der Waals surface area contributed by atoms with Gasteiger partial charge in [0.2, 0.25) is 0 Å². The van der Waals surface area contributed by atoms with Crippen molar-refractivity contribution >= 4 is 17.4 Å². The van der Waals surface area contributed by atoms with Crippen molar-refractivity contribution in [1.29, 1.82) is 0 Å². The molecule has 1 heterocycles. The first-order chi connectivity index (χ1) is 8.24. The summed E-state index contributed by atoms with van der Waals surface area (Å²) >= 11 is 6.25. The number of rotatable bonds is 0. The molecule has 1 spiro atoms. The van der Waals surface area contributed by atoms with E-state index in [2.05, 4.69) is 6.07 Å². The molecule has 0 atom stereocenters. The SMILES string of the molecule is O=C1CCc2c(Cl)cccc2C12CCOCC2. The number of Topliss-reactive ketones (excluding diaryl/α,β-unsaturated/α-hetero) is 1. The Morgan fingerprint density at radius 3 is 2.71 bits per heavy atom. The predicted molar refractivity (Wildman–Crippen MR) is 66.5 cm³/mol. The van der Waals surface area contributed by atoms with E-state index >= 15 is 0 Å². The topological polar surface area (TPSA) is 26.3 Å². The molecule has 1 aromatic rings. The first kappa shape index (κ1) is 11.2. The van der Waals surface area contributed by atoms with E-state index in [1.807, 2.05) is 12.1 Å². The summed E-state index contributed by atoms with van der Waals surface area (Å²) in [6.45, 7) is 1.36. The van der Waals surface area contributed by atoms with Gasteiger partial charge in [0.1, 0.15) is 5.78 Å². The van der Waals surface area contributed by atoms with Crippen LogP contribution in [0, 0.1) is 0 Å². The maximum Gasteiger partial charge on any atom is 0.143 e. The number of hydrogen-bond acceptors (Lipinski definition) is 2. The molecule has 1 aliphatic heterocycles. The zero-order valence-corrected chi connectivity index (χ0v) is 10.4. The standard InChI is InChI=1S/C14H15ClO2/c15-12-3-1-2-11-10(12)4-5-13(16)14(11)6-8-17-9-7-14/h1-3H,4-9H2. The van der Waals surface area contributed by atoms with Gasteiger partial charge in [-0.3, -0.25) is 4.79 Å². The van der Waals surface area contributed by atoms with Crippen molar-refractivity contribution in [2.75, 3.05) is 13.2 Å². The monoisotopic (exact) mass is 250 g/mol. The second kappa shape index (κ2) is 4.11. The highest BCUT2D eigenvalue weighted by Gasteiger charge is 2.44. The van der Waals surface area contributed by atoms with Gasteiger partial charge in [0.05, 0.1) is 5.41 Å². The number of halogens is 1. The second-order valence-corrected chi connectivity index (χ2v) is 5.29. The van der Waals surface area contributed by atoms with Crippen LogP contribution in [0.3, 0.4) is 0 Å². The highest BCUT2D eigenvalue weighted by molar-refractivity contribution is 6.31. The first-order valence-electron chi connectivity index (χ1n) is 6.13. The van der Waals surface area contributed by atoms with Gasteiger partial charge in [-0.15, -0.1) is 0 Å². The Kier molecular flexibility index (Phi) is 2.72. The summed E-state index contributed by atoms with van der Waals surface area (Å²) in [7, 11) is 0. The summed E-state index contributed by atoms with van der Waals surface area (Å²) in [6, 6.07) is 5.95. The minimum absolute atomic E-state index is 0.309. The van der Waals surface area contributed by atoms with Crippen LogP contribution in [0.4, 0.5) is 0 Å². The molecular formula is C14H15ClO2. The predicted octanol–water partition coefficient (Wildman–Crippen LogP) is 2.90. The third-order valence-corrected chi connectivity index (χ3v) is 4.47. The normalized spacial score (nSPS) is 22.5. The molecule has 0 saturated carbocycles. The molecule has 0 unspecified atom stereocenters. The molecule has 0 N–H and O–H groups in total.